The van der Waals surface area contributed by atoms with Gasteiger partial charge in [0.2, 0.25) is 0 Å². The van der Waals surface area contributed by atoms with Crippen molar-refractivity contribution in [3.63, 3.8) is 0 Å². The molecule has 4 heterocycles. The minimum atomic E-state index is 0.925. The number of nitrogens with zero attached hydrogens (tertiary/aromatic N) is 4. The number of benzene rings is 4. The van der Waals surface area contributed by atoms with E-state index in [1.807, 2.05) is 12.1 Å². The van der Waals surface area contributed by atoms with Gasteiger partial charge in [0, 0.05) is 39.5 Å². The molecule has 198 valence electrons. The van der Waals surface area contributed by atoms with Crippen molar-refractivity contribution in [3.8, 4) is 28.1 Å². The first-order valence-electron chi connectivity index (χ1n) is 14.5. The molecule has 0 saturated carbocycles. The fourth-order valence-corrected chi connectivity index (χ4v) is 6.68. The Hall–Kier alpha value is -5.48. The van der Waals surface area contributed by atoms with Gasteiger partial charge in [-0.3, -0.25) is 4.40 Å². The zero-order valence-electron chi connectivity index (χ0n) is 22.9. The monoisotopic (exact) mass is 538 g/mol. The molecule has 0 fully saturated rings. The molecule has 0 saturated heterocycles. The van der Waals surface area contributed by atoms with Crippen LogP contribution in [0.15, 0.2) is 128 Å². The fraction of sp³-hybridized carbons (Fsp3) is 0.0526. The van der Waals surface area contributed by atoms with Crippen LogP contribution in [-0.2, 0) is 6.42 Å². The lowest BCUT2D eigenvalue weighted by atomic mass is 9.97. The van der Waals surface area contributed by atoms with Gasteiger partial charge in [-0.25, -0.2) is 9.97 Å². The quantitative estimate of drug-likeness (QED) is 0.225. The first-order valence-corrected chi connectivity index (χ1v) is 14.5. The van der Waals surface area contributed by atoms with Crippen LogP contribution in [0.4, 0.5) is 0 Å². The van der Waals surface area contributed by atoms with Crippen molar-refractivity contribution in [1.29, 1.82) is 0 Å². The second kappa shape index (κ2) is 9.02. The van der Waals surface area contributed by atoms with Crippen molar-refractivity contribution < 1.29 is 0 Å². The number of hydrogen-bond donors (Lipinski definition) is 0. The lowest BCUT2D eigenvalue weighted by Crippen LogP contribution is -2.02. The predicted octanol–water partition coefficient (Wildman–Crippen LogP) is 9.27. The van der Waals surface area contributed by atoms with E-state index in [1.54, 1.807) is 0 Å². The molecule has 0 N–H and O–H groups in total. The van der Waals surface area contributed by atoms with E-state index in [1.165, 1.54) is 39.0 Å². The van der Waals surface area contributed by atoms with E-state index in [-0.39, 0.29) is 0 Å². The van der Waals surface area contributed by atoms with Crippen molar-refractivity contribution in [2.45, 2.75) is 12.8 Å². The van der Waals surface area contributed by atoms with E-state index in [9.17, 15) is 0 Å². The van der Waals surface area contributed by atoms with Gasteiger partial charge in [0.25, 0.3) is 0 Å². The number of aromatic nitrogens is 4. The van der Waals surface area contributed by atoms with Crippen LogP contribution in [-0.4, -0.2) is 18.9 Å². The maximum Gasteiger partial charge on any atom is 0.137 e. The summed E-state index contributed by atoms with van der Waals surface area (Å²) in [5.41, 5.74) is 13.5. The summed E-state index contributed by atoms with van der Waals surface area (Å²) >= 11 is 0. The van der Waals surface area contributed by atoms with E-state index < -0.39 is 0 Å². The number of pyridine rings is 2. The van der Waals surface area contributed by atoms with E-state index in [2.05, 4.69) is 130 Å². The number of allylic oxidation sites excluding steroid dienone is 1. The summed E-state index contributed by atoms with van der Waals surface area (Å²) in [4.78, 5) is 10.2. The Morgan fingerprint density at radius 2 is 1.48 bits per heavy atom. The molecule has 1 aliphatic carbocycles. The molecular weight excluding hydrogens is 512 g/mol. The summed E-state index contributed by atoms with van der Waals surface area (Å²) < 4.78 is 4.60. The third-order valence-electron chi connectivity index (χ3n) is 8.57. The minimum absolute atomic E-state index is 0.925. The highest BCUT2D eigenvalue weighted by atomic mass is 15.0. The third-order valence-corrected chi connectivity index (χ3v) is 8.57. The Balaban J connectivity index is 1.25. The fourth-order valence-electron chi connectivity index (χ4n) is 6.68. The highest BCUT2D eigenvalue weighted by Crippen LogP contribution is 2.38. The van der Waals surface area contributed by atoms with Crippen LogP contribution in [0.25, 0.3) is 72.6 Å². The average Bonchev–Trinajstić information content (AvgIpc) is 3.61. The Kier molecular flexibility index (Phi) is 4.99. The normalized spacial score (nSPS) is 13.0. The van der Waals surface area contributed by atoms with Crippen LogP contribution in [0.5, 0.6) is 0 Å². The molecule has 4 aromatic carbocycles. The summed E-state index contributed by atoms with van der Waals surface area (Å²) in [6, 6.07) is 40.8. The van der Waals surface area contributed by atoms with E-state index in [0.717, 1.165) is 51.7 Å². The van der Waals surface area contributed by atoms with E-state index >= 15 is 0 Å². The molecule has 0 amide bonds. The summed E-state index contributed by atoms with van der Waals surface area (Å²) in [5.74, 6) is 0. The van der Waals surface area contributed by atoms with Crippen molar-refractivity contribution >= 4 is 44.6 Å². The maximum absolute atomic E-state index is 5.20. The molecule has 0 radical (unpaired) electrons. The number of hydrogen-bond acceptors (Lipinski definition) is 2. The highest BCUT2D eigenvalue weighted by molar-refractivity contribution is 6.09. The van der Waals surface area contributed by atoms with Crippen LogP contribution < -0.4 is 0 Å². The molecule has 8 aromatic rings. The Bertz CT molecular complexity index is 2360. The van der Waals surface area contributed by atoms with E-state index in [0.29, 0.717) is 0 Å². The van der Waals surface area contributed by atoms with Crippen molar-refractivity contribution in [2.75, 3.05) is 0 Å². The van der Waals surface area contributed by atoms with Crippen LogP contribution in [0.3, 0.4) is 0 Å². The minimum Gasteiger partial charge on any atom is -0.313 e. The van der Waals surface area contributed by atoms with Gasteiger partial charge in [-0.2, -0.15) is 0 Å². The number of fused-ring (bicyclic) bond motifs is 8. The van der Waals surface area contributed by atoms with Gasteiger partial charge in [-0.05, 0) is 72.5 Å². The molecule has 42 heavy (non-hydrogen) atoms. The standard InChI is InChI=1S/C38H26N4/c1-2-13-28(14-3-1)42-33-18-7-5-15-29(33)31-24-26(20-21-34(31)42)25-11-10-12-27(23-25)36-38-37(30-16-4-6-17-32(30)39-36)40-35-19-8-9-22-41(35)38/h1-6,8-17,19-24H,7,18H2. The van der Waals surface area contributed by atoms with Crippen LogP contribution in [0, 0.1) is 0 Å². The van der Waals surface area contributed by atoms with Crippen molar-refractivity contribution in [3.05, 3.63) is 139 Å². The highest BCUT2D eigenvalue weighted by Gasteiger charge is 2.20. The lowest BCUT2D eigenvalue weighted by Gasteiger charge is -2.13. The van der Waals surface area contributed by atoms with Crippen molar-refractivity contribution in [1.82, 2.24) is 18.9 Å². The van der Waals surface area contributed by atoms with Crippen molar-refractivity contribution in [2.24, 2.45) is 0 Å². The molecule has 4 nitrogen and oxygen atoms in total. The smallest absolute Gasteiger partial charge is 0.137 e. The summed E-state index contributed by atoms with van der Waals surface area (Å²) in [5, 5.41) is 2.36. The molecule has 0 atom stereocenters. The molecule has 0 aliphatic heterocycles. The molecule has 0 spiro atoms. The Labute approximate surface area is 242 Å². The zero-order chi connectivity index (χ0) is 27.6. The summed E-state index contributed by atoms with van der Waals surface area (Å²) in [6.45, 7) is 0. The number of para-hydroxylation sites is 2. The topological polar surface area (TPSA) is 35.1 Å². The Morgan fingerprint density at radius 1 is 0.643 bits per heavy atom. The number of imidazole rings is 1. The molecule has 4 heteroatoms. The molecule has 1 aliphatic rings. The van der Waals surface area contributed by atoms with Gasteiger partial charge in [-0.1, -0.05) is 78.9 Å². The van der Waals surface area contributed by atoms with Gasteiger partial charge in [-0.15, -0.1) is 0 Å². The van der Waals surface area contributed by atoms with Crippen LogP contribution in [0.2, 0.25) is 0 Å². The third kappa shape index (κ3) is 3.42. The average molecular weight is 539 g/mol. The Morgan fingerprint density at radius 3 is 2.43 bits per heavy atom. The van der Waals surface area contributed by atoms with Gasteiger partial charge < -0.3 is 4.57 Å². The molecule has 0 bridgehead atoms. The second-order valence-corrected chi connectivity index (χ2v) is 11.0. The van der Waals surface area contributed by atoms with Crippen LogP contribution in [0.1, 0.15) is 17.7 Å². The summed E-state index contributed by atoms with van der Waals surface area (Å²) in [7, 11) is 0. The lowest BCUT2D eigenvalue weighted by molar-refractivity contribution is 0.888. The molecular formula is C38H26N4. The zero-order valence-corrected chi connectivity index (χ0v) is 22.9. The first-order chi connectivity index (χ1) is 20.8. The van der Waals surface area contributed by atoms with Gasteiger partial charge in [0.15, 0.2) is 0 Å². The summed E-state index contributed by atoms with van der Waals surface area (Å²) in [6.07, 6.45) is 8.80. The van der Waals surface area contributed by atoms with Gasteiger partial charge in [0.1, 0.15) is 11.2 Å². The maximum atomic E-state index is 5.20. The molecule has 0 unspecified atom stereocenters. The molecule has 9 rings (SSSR count). The number of rotatable bonds is 3. The second-order valence-electron chi connectivity index (χ2n) is 11.0. The van der Waals surface area contributed by atoms with E-state index in [4.69, 9.17) is 9.97 Å². The van der Waals surface area contributed by atoms with Crippen LogP contribution >= 0.6 is 0 Å². The largest absolute Gasteiger partial charge is 0.313 e. The van der Waals surface area contributed by atoms with Gasteiger partial charge in [0.05, 0.1) is 22.2 Å². The van der Waals surface area contributed by atoms with Gasteiger partial charge >= 0.3 is 0 Å². The molecule has 4 aromatic heterocycles. The SMILES string of the molecule is C1=Cc2c(n(-c3ccccc3)c3ccc(-c4cccc(-c5nc6ccccc6c6nc7ccccn7c56)c4)cc23)CC1. The predicted molar refractivity (Wildman–Crippen MR) is 173 cm³/mol. The first kappa shape index (κ1) is 23.2.